The number of rotatable bonds is 6. The van der Waals surface area contributed by atoms with Gasteiger partial charge in [0.15, 0.2) is 0 Å². The van der Waals surface area contributed by atoms with Gasteiger partial charge in [0.25, 0.3) is 0 Å². The Hall–Kier alpha value is -4.47. The Morgan fingerprint density at radius 1 is 1.14 bits per heavy atom. The monoisotopic (exact) mass is 500 g/mol. The summed E-state index contributed by atoms with van der Waals surface area (Å²) in [4.78, 5) is 27.2. The van der Waals surface area contributed by atoms with Gasteiger partial charge in [-0.25, -0.2) is 19.2 Å². The standard InChI is InChI=1S/C27H25FN6O3/c1-32-15-20(26(35)36)23-24(32)25(30-16-29-23)37-19-9-11-33(12-10-19)27-31-21-7-2-3-8-22(21)34(27)14-17-5-4-6-18(28)13-17/h2-8,13,15-16,19H,9-12,14H2,1H3,(H,35,36). The van der Waals surface area contributed by atoms with Crippen molar-refractivity contribution in [2.24, 2.45) is 7.05 Å². The van der Waals surface area contributed by atoms with Crippen LogP contribution in [-0.2, 0) is 13.6 Å². The molecule has 0 radical (unpaired) electrons. The van der Waals surface area contributed by atoms with E-state index in [1.165, 1.54) is 18.6 Å². The number of ether oxygens (including phenoxy) is 1. The average molecular weight is 501 g/mol. The molecule has 2 aromatic carbocycles. The van der Waals surface area contributed by atoms with Crippen molar-refractivity contribution in [3.8, 4) is 5.88 Å². The van der Waals surface area contributed by atoms with Crippen molar-refractivity contribution in [3.63, 3.8) is 0 Å². The van der Waals surface area contributed by atoms with Crippen molar-refractivity contribution in [1.82, 2.24) is 24.1 Å². The van der Waals surface area contributed by atoms with Gasteiger partial charge in [0.1, 0.15) is 34.8 Å². The van der Waals surface area contributed by atoms with Gasteiger partial charge in [0.05, 0.1) is 17.6 Å². The molecule has 1 aliphatic heterocycles. The molecule has 1 N–H and O–H groups in total. The van der Waals surface area contributed by atoms with E-state index in [1.807, 2.05) is 30.3 Å². The maximum atomic E-state index is 13.9. The second kappa shape index (κ2) is 9.20. The van der Waals surface area contributed by atoms with Crippen LogP contribution in [0.2, 0.25) is 0 Å². The first-order valence-electron chi connectivity index (χ1n) is 12.1. The Labute approximate surface area is 211 Å². The third-order valence-electron chi connectivity index (χ3n) is 6.82. The second-order valence-electron chi connectivity index (χ2n) is 9.26. The molecule has 1 aliphatic rings. The third kappa shape index (κ3) is 4.24. The fraction of sp³-hybridized carbons (Fsp3) is 0.259. The molecule has 3 aromatic heterocycles. The molecule has 1 saturated heterocycles. The molecule has 9 nitrogen and oxygen atoms in total. The van der Waals surface area contributed by atoms with Crippen LogP contribution in [0.3, 0.4) is 0 Å². The molecule has 0 unspecified atom stereocenters. The highest BCUT2D eigenvalue weighted by Gasteiger charge is 2.27. The molecule has 0 aliphatic carbocycles. The lowest BCUT2D eigenvalue weighted by molar-refractivity contribution is 0.0698. The van der Waals surface area contributed by atoms with E-state index in [0.717, 1.165) is 48.5 Å². The second-order valence-corrected chi connectivity index (χ2v) is 9.26. The van der Waals surface area contributed by atoms with Crippen molar-refractivity contribution >= 4 is 34.0 Å². The minimum Gasteiger partial charge on any atom is -0.478 e. The number of aromatic nitrogens is 5. The summed E-state index contributed by atoms with van der Waals surface area (Å²) in [7, 11) is 1.76. The van der Waals surface area contributed by atoms with E-state index >= 15 is 0 Å². The van der Waals surface area contributed by atoms with E-state index in [4.69, 9.17) is 9.72 Å². The molecule has 1 fully saturated rings. The number of aryl methyl sites for hydroxylation is 1. The molecule has 6 rings (SSSR count). The number of nitrogens with zero attached hydrogens (tertiary/aromatic N) is 6. The van der Waals surface area contributed by atoms with Gasteiger partial charge < -0.3 is 23.9 Å². The van der Waals surface area contributed by atoms with Crippen LogP contribution < -0.4 is 9.64 Å². The molecule has 4 heterocycles. The number of carboxylic acids is 1. The summed E-state index contributed by atoms with van der Waals surface area (Å²) in [5.74, 6) is -0.0580. The Morgan fingerprint density at radius 2 is 1.95 bits per heavy atom. The van der Waals surface area contributed by atoms with E-state index in [0.29, 0.717) is 23.5 Å². The van der Waals surface area contributed by atoms with Gasteiger partial charge in [-0.05, 0) is 29.8 Å². The van der Waals surface area contributed by atoms with Gasteiger partial charge >= 0.3 is 5.97 Å². The molecule has 10 heteroatoms. The number of benzene rings is 2. The van der Waals surface area contributed by atoms with E-state index in [1.54, 1.807) is 23.7 Å². The van der Waals surface area contributed by atoms with Gasteiger partial charge in [-0.15, -0.1) is 0 Å². The predicted molar refractivity (Wildman–Crippen MR) is 137 cm³/mol. The fourth-order valence-corrected chi connectivity index (χ4v) is 5.05. The number of imidazole rings is 1. The molecule has 0 saturated carbocycles. The fourth-order valence-electron chi connectivity index (χ4n) is 5.05. The Balaban J connectivity index is 1.23. The summed E-state index contributed by atoms with van der Waals surface area (Å²) < 4.78 is 24.0. The maximum absolute atomic E-state index is 13.9. The SMILES string of the molecule is Cn1cc(C(=O)O)c2ncnc(OC3CCN(c4nc5ccccc5n4Cc4cccc(F)c4)CC3)c21. The van der Waals surface area contributed by atoms with Crippen molar-refractivity contribution in [1.29, 1.82) is 0 Å². The molecule has 37 heavy (non-hydrogen) atoms. The number of carbonyl (C=O) groups is 1. The molecule has 5 aromatic rings. The first-order valence-corrected chi connectivity index (χ1v) is 12.1. The Kier molecular flexibility index (Phi) is 5.71. The molecule has 0 amide bonds. The molecule has 188 valence electrons. The van der Waals surface area contributed by atoms with Gasteiger partial charge in [0.2, 0.25) is 11.8 Å². The quantitative estimate of drug-likeness (QED) is 0.372. The summed E-state index contributed by atoms with van der Waals surface area (Å²) in [6.07, 6.45) is 4.27. The van der Waals surface area contributed by atoms with Gasteiger partial charge in [-0.3, -0.25) is 0 Å². The highest BCUT2D eigenvalue weighted by molar-refractivity contribution is 6.02. The summed E-state index contributed by atoms with van der Waals surface area (Å²) in [6.45, 7) is 1.96. The lowest BCUT2D eigenvalue weighted by atomic mass is 10.1. The zero-order valence-electron chi connectivity index (χ0n) is 20.2. The van der Waals surface area contributed by atoms with Crippen LogP contribution >= 0.6 is 0 Å². The number of hydrogen-bond acceptors (Lipinski definition) is 6. The minimum absolute atomic E-state index is 0.0847. The first-order chi connectivity index (χ1) is 18.0. The van der Waals surface area contributed by atoms with Crippen molar-refractivity contribution in [2.45, 2.75) is 25.5 Å². The van der Waals surface area contributed by atoms with Gasteiger partial charge in [-0.1, -0.05) is 24.3 Å². The summed E-state index contributed by atoms with van der Waals surface area (Å²) in [6, 6.07) is 14.6. The molecule has 0 bridgehead atoms. The number of piperidine rings is 1. The normalized spacial score (nSPS) is 14.5. The number of hydrogen-bond donors (Lipinski definition) is 1. The van der Waals surface area contributed by atoms with Crippen LogP contribution in [0, 0.1) is 5.82 Å². The number of para-hydroxylation sites is 2. The van der Waals surface area contributed by atoms with Crippen LogP contribution in [0.5, 0.6) is 5.88 Å². The molecular weight excluding hydrogens is 475 g/mol. The smallest absolute Gasteiger partial charge is 0.339 e. The summed E-state index contributed by atoms with van der Waals surface area (Å²) in [5, 5.41) is 9.48. The summed E-state index contributed by atoms with van der Waals surface area (Å²) >= 11 is 0. The number of aromatic carboxylic acids is 1. The highest BCUT2D eigenvalue weighted by Crippen LogP contribution is 2.30. The number of fused-ring (bicyclic) bond motifs is 2. The minimum atomic E-state index is -1.04. The van der Waals surface area contributed by atoms with Crippen LogP contribution in [0.4, 0.5) is 10.3 Å². The average Bonchev–Trinajstić information content (AvgIpc) is 3.43. The van der Waals surface area contributed by atoms with E-state index in [2.05, 4.69) is 19.4 Å². The predicted octanol–water partition coefficient (Wildman–Crippen LogP) is 4.25. The topological polar surface area (TPSA) is 98.3 Å². The van der Waals surface area contributed by atoms with Gasteiger partial charge in [-0.2, -0.15) is 4.98 Å². The zero-order valence-corrected chi connectivity index (χ0v) is 20.2. The van der Waals surface area contributed by atoms with Crippen LogP contribution in [0.15, 0.2) is 61.1 Å². The third-order valence-corrected chi connectivity index (χ3v) is 6.82. The lowest BCUT2D eigenvalue weighted by Crippen LogP contribution is -2.39. The molecular formula is C27H25FN6O3. The zero-order chi connectivity index (χ0) is 25.5. The van der Waals surface area contributed by atoms with Crippen molar-refractivity contribution in [3.05, 3.63) is 78.0 Å². The van der Waals surface area contributed by atoms with Crippen LogP contribution in [0.25, 0.3) is 22.1 Å². The molecule has 0 atom stereocenters. The number of halogens is 1. The van der Waals surface area contributed by atoms with E-state index < -0.39 is 5.97 Å². The van der Waals surface area contributed by atoms with E-state index in [-0.39, 0.29) is 17.5 Å². The Bertz CT molecular complexity index is 1620. The van der Waals surface area contributed by atoms with Crippen LogP contribution in [-0.4, -0.2) is 54.4 Å². The van der Waals surface area contributed by atoms with E-state index in [9.17, 15) is 14.3 Å². The largest absolute Gasteiger partial charge is 0.478 e. The number of anilines is 1. The molecule has 0 spiro atoms. The number of carboxylic acid groups (broad SMARTS) is 1. The lowest BCUT2D eigenvalue weighted by Gasteiger charge is -2.33. The van der Waals surface area contributed by atoms with Crippen molar-refractivity contribution < 1.29 is 19.0 Å². The van der Waals surface area contributed by atoms with Crippen molar-refractivity contribution in [2.75, 3.05) is 18.0 Å². The maximum Gasteiger partial charge on any atom is 0.339 e. The highest BCUT2D eigenvalue weighted by atomic mass is 19.1. The first kappa shape index (κ1) is 23.0. The van der Waals surface area contributed by atoms with Crippen LogP contribution in [0.1, 0.15) is 28.8 Å². The van der Waals surface area contributed by atoms with Gasteiger partial charge in [0, 0.05) is 39.2 Å². The summed E-state index contributed by atoms with van der Waals surface area (Å²) in [5.41, 5.74) is 3.83. The Morgan fingerprint density at radius 3 is 2.73 bits per heavy atom.